The summed E-state index contributed by atoms with van der Waals surface area (Å²) in [5.41, 5.74) is 1.03. The van der Waals surface area contributed by atoms with Gasteiger partial charge in [0.2, 0.25) is 10.6 Å². The van der Waals surface area contributed by atoms with Gasteiger partial charge in [0.25, 0.3) is 0 Å². The Bertz CT molecular complexity index is 539. The first-order valence-electron chi connectivity index (χ1n) is 5.78. The number of aromatic nitrogens is 4. The molecule has 0 atom stereocenters. The van der Waals surface area contributed by atoms with Gasteiger partial charge in [0, 0.05) is 18.3 Å². The van der Waals surface area contributed by atoms with E-state index in [-0.39, 0.29) is 10.6 Å². The fourth-order valence-corrected chi connectivity index (χ4v) is 1.98. The highest BCUT2D eigenvalue weighted by Gasteiger charge is 2.24. The van der Waals surface area contributed by atoms with Crippen LogP contribution in [0.2, 0.25) is 10.6 Å². The monoisotopic (exact) mass is 298 g/mol. The van der Waals surface area contributed by atoms with E-state index < -0.39 is 0 Å². The lowest BCUT2D eigenvalue weighted by Gasteiger charge is -2.26. The molecule has 0 amide bonds. The molecule has 100 valence electrons. The van der Waals surface area contributed by atoms with Crippen LogP contribution < -0.4 is 4.48 Å². The highest BCUT2D eigenvalue weighted by atomic mass is 35.5. The third-order valence-corrected chi connectivity index (χ3v) is 3.10. The summed E-state index contributed by atoms with van der Waals surface area (Å²) in [7, 11) is 3.98. The summed E-state index contributed by atoms with van der Waals surface area (Å²) in [6, 6.07) is 5.86. The Morgan fingerprint density at radius 3 is 2.32 bits per heavy atom. The smallest absolute Gasteiger partial charge is 0.262 e. The van der Waals surface area contributed by atoms with Crippen LogP contribution in [0.1, 0.15) is 5.69 Å². The van der Waals surface area contributed by atoms with Crippen molar-refractivity contribution in [1.82, 2.24) is 24.4 Å². The normalized spacial score (nSPS) is 11.6. The van der Waals surface area contributed by atoms with E-state index in [4.69, 9.17) is 23.2 Å². The van der Waals surface area contributed by atoms with Crippen LogP contribution in [-0.4, -0.2) is 40.6 Å². The molecule has 2 rings (SSSR count). The van der Waals surface area contributed by atoms with Gasteiger partial charge in [-0.1, -0.05) is 6.07 Å². The molecule has 0 aliphatic rings. The zero-order valence-corrected chi connectivity index (χ0v) is 12.2. The van der Waals surface area contributed by atoms with Crippen LogP contribution in [0, 0.1) is 0 Å². The average molecular weight is 299 g/mol. The van der Waals surface area contributed by atoms with Crippen molar-refractivity contribution in [3.05, 3.63) is 40.7 Å². The van der Waals surface area contributed by atoms with Crippen LogP contribution in [0.5, 0.6) is 0 Å². The minimum absolute atomic E-state index is 0.110. The maximum absolute atomic E-state index is 5.80. The van der Waals surface area contributed by atoms with Crippen molar-refractivity contribution in [2.75, 3.05) is 20.6 Å². The Morgan fingerprint density at radius 1 is 1.05 bits per heavy atom. The Morgan fingerprint density at radius 2 is 1.74 bits per heavy atom. The Kier molecular flexibility index (Phi) is 4.29. The quantitative estimate of drug-likeness (QED) is 0.813. The van der Waals surface area contributed by atoms with Crippen molar-refractivity contribution in [3.8, 4) is 0 Å². The number of pyridine rings is 1. The molecule has 0 aromatic carbocycles. The van der Waals surface area contributed by atoms with Crippen molar-refractivity contribution in [1.29, 1.82) is 0 Å². The van der Waals surface area contributed by atoms with Crippen molar-refractivity contribution in [2.45, 2.75) is 6.42 Å². The van der Waals surface area contributed by atoms with E-state index in [0.717, 1.165) is 18.7 Å². The first-order valence-corrected chi connectivity index (χ1v) is 6.53. The van der Waals surface area contributed by atoms with Crippen molar-refractivity contribution in [3.63, 3.8) is 0 Å². The summed E-state index contributed by atoms with van der Waals surface area (Å²) in [6.45, 7) is 0.785. The van der Waals surface area contributed by atoms with E-state index >= 15 is 0 Å². The minimum atomic E-state index is 0.110. The molecular formula is C12H14Cl2N5+. The van der Waals surface area contributed by atoms with Crippen molar-refractivity contribution in [2.24, 2.45) is 0 Å². The minimum Gasteiger partial charge on any atom is -0.262 e. The van der Waals surface area contributed by atoms with E-state index in [9.17, 15) is 0 Å². The standard InChI is InChI=1S/C12H14Cl2N5/c1-19(2,8-6-9-5-3-4-7-15-9)12-17-10(13)16-11(14)18-12/h3-5,7H,6,8H2,1-2H3/q+1. The average Bonchev–Trinajstić information content (AvgIpc) is 2.37. The topological polar surface area (TPSA) is 51.6 Å². The molecule has 19 heavy (non-hydrogen) atoms. The summed E-state index contributed by atoms with van der Waals surface area (Å²) in [5, 5.41) is 0.220. The second-order valence-corrected chi connectivity index (χ2v) is 5.33. The molecule has 0 aliphatic carbocycles. The number of hydrogen-bond acceptors (Lipinski definition) is 4. The van der Waals surface area contributed by atoms with Gasteiger partial charge < -0.3 is 0 Å². The molecule has 0 N–H and O–H groups in total. The number of hydrogen-bond donors (Lipinski definition) is 0. The van der Waals surface area contributed by atoms with Gasteiger partial charge in [0.15, 0.2) is 0 Å². The van der Waals surface area contributed by atoms with Crippen LogP contribution in [-0.2, 0) is 6.42 Å². The van der Waals surface area contributed by atoms with Gasteiger partial charge in [-0.2, -0.15) is 4.98 Å². The van der Waals surface area contributed by atoms with E-state index in [1.54, 1.807) is 6.20 Å². The molecule has 0 bridgehead atoms. The SMILES string of the molecule is C[N+](C)(CCc1ccccn1)c1nc(Cl)nc(Cl)n1. The highest BCUT2D eigenvalue weighted by Crippen LogP contribution is 2.17. The third kappa shape index (κ3) is 3.83. The Labute approximate surface area is 121 Å². The molecule has 0 spiro atoms. The number of rotatable bonds is 4. The molecular weight excluding hydrogens is 285 g/mol. The molecule has 0 fully saturated rings. The van der Waals surface area contributed by atoms with Crippen molar-refractivity contribution < 1.29 is 0 Å². The zero-order valence-electron chi connectivity index (χ0n) is 10.7. The number of quaternary nitrogens is 1. The Hall–Kier alpha value is -1.30. The second-order valence-electron chi connectivity index (χ2n) is 4.65. The molecule has 0 saturated heterocycles. The predicted octanol–water partition coefficient (Wildman–Crippen LogP) is 2.38. The van der Waals surface area contributed by atoms with Gasteiger partial charge in [0.1, 0.15) is 0 Å². The van der Waals surface area contributed by atoms with Gasteiger partial charge >= 0.3 is 5.95 Å². The van der Waals surface area contributed by atoms with E-state index in [1.807, 2.05) is 32.3 Å². The van der Waals surface area contributed by atoms with Crippen LogP contribution in [0.25, 0.3) is 0 Å². The van der Waals surface area contributed by atoms with E-state index in [1.165, 1.54) is 0 Å². The molecule has 2 aromatic rings. The molecule has 2 aromatic heterocycles. The Balaban J connectivity index is 2.13. The van der Waals surface area contributed by atoms with Gasteiger partial charge in [-0.3, -0.25) is 9.47 Å². The summed E-state index contributed by atoms with van der Waals surface area (Å²) in [4.78, 5) is 16.3. The van der Waals surface area contributed by atoms with Crippen LogP contribution in [0.15, 0.2) is 24.4 Å². The first kappa shape index (κ1) is 14.1. The molecule has 0 unspecified atom stereocenters. The van der Waals surface area contributed by atoms with Crippen molar-refractivity contribution >= 4 is 29.2 Å². The lowest BCUT2D eigenvalue weighted by molar-refractivity contribution is 0.379. The molecule has 0 saturated carbocycles. The molecule has 2 heterocycles. The van der Waals surface area contributed by atoms with E-state index in [2.05, 4.69) is 19.9 Å². The van der Waals surface area contributed by atoms with Crippen LogP contribution in [0.4, 0.5) is 5.95 Å². The number of halogens is 2. The molecule has 0 aliphatic heterocycles. The molecule has 7 heteroatoms. The zero-order chi connectivity index (χ0) is 13.9. The summed E-state index contributed by atoms with van der Waals surface area (Å²) < 4.78 is 0.457. The third-order valence-electron chi connectivity index (χ3n) is 2.76. The van der Waals surface area contributed by atoms with Gasteiger partial charge in [0.05, 0.1) is 20.6 Å². The number of likely N-dealkylation sites (N-methyl/N-ethyl adjacent to an activating group) is 1. The lowest BCUT2D eigenvalue weighted by Crippen LogP contribution is -2.44. The maximum atomic E-state index is 5.80. The van der Waals surface area contributed by atoms with Gasteiger partial charge in [-0.15, -0.1) is 9.97 Å². The van der Waals surface area contributed by atoms with Gasteiger partial charge in [-0.25, -0.2) is 0 Å². The van der Waals surface area contributed by atoms with E-state index in [0.29, 0.717) is 10.4 Å². The van der Waals surface area contributed by atoms with Gasteiger partial charge in [-0.05, 0) is 35.3 Å². The second kappa shape index (κ2) is 5.77. The summed E-state index contributed by atoms with van der Waals surface area (Å²) in [6.07, 6.45) is 2.60. The molecule has 5 nitrogen and oxygen atoms in total. The number of nitrogens with zero attached hydrogens (tertiary/aromatic N) is 5. The lowest BCUT2D eigenvalue weighted by atomic mass is 10.2. The first-order chi connectivity index (χ1) is 8.97. The van der Waals surface area contributed by atoms with Crippen LogP contribution in [0.3, 0.4) is 0 Å². The molecule has 0 radical (unpaired) electrons. The maximum Gasteiger partial charge on any atom is 0.334 e. The largest absolute Gasteiger partial charge is 0.334 e. The fraction of sp³-hybridized carbons (Fsp3) is 0.333. The summed E-state index contributed by atoms with van der Waals surface area (Å²) in [5.74, 6) is 0.543. The summed E-state index contributed by atoms with van der Waals surface area (Å²) >= 11 is 11.6. The highest BCUT2D eigenvalue weighted by molar-refractivity contribution is 6.31. The fourth-order valence-electron chi connectivity index (χ4n) is 1.63. The predicted molar refractivity (Wildman–Crippen MR) is 76.3 cm³/mol. The van der Waals surface area contributed by atoms with Crippen LogP contribution >= 0.6 is 23.2 Å².